The molecule has 1 amide bonds. The summed E-state index contributed by atoms with van der Waals surface area (Å²) in [7, 11) is 0. The molecule has 2 aromatic rings. The zero-order chi connectivity index (χ0) is 16.3. The van der Waals surface area contributed by atoms with E-state index in [2.05, 4.69) is 5.32 Å². The Morgan fingerprint density at radius 1 is 1.18 bits per heavy atom. The van der Waals surface area contributed by atoms with Gasteiger partial charge in [0.05, 0.1) is 0 Å². The van der Waals surface area contributed by atoms with E-state index in [1.807, 2.05) is 6.92 Å². The Hall–Kier alpha value is -2.14. The van der Waals surface area contributed by atoms with Gasteiger partial charge in [-0.05, 0) is 49.7 Å². The zero-order valence-corrected chi connectivity index (χ0v) is 12.7. The summed E-state index contributed by atoms with van der Waals surface area (Å²) in [6.45, 7) is 3.38. The van der Waals surface area contributed by atoms with Crippen molar-refractivity contribution in [3.8, 4) is 5.75 Å². The van der Waals surface area contributed by atoms with E-state index in [-0.39, 0.29) is 5.69 Å². The molecule has 2 rings (SSSR count). The van der Waals surface area contributed by atoms with Crippen LogP contribution in [0.1, 0.15) is 12.5 Å². The molecule has 6 heteroatoms. The lowest BCUT2D eigenvalue weighted by Gasteiger charge is -2.15. The van der Waals surface area contributed by atoms with Crippen molar-refractivity contribution in [2.45, 2.75) is 20.0 Å². The molecule has 116 valence electrons. The maximum atomic E-state index is 13.1. The van der Waals surface area contributed by atoms with Gasteiger partial charge in [0, 0.05) is 16.8 Å². The second-order valence-corrected chi connectivity index (χ2v) is 5.20. The van der Waals surface area contributed by atoms with Gasteiger partial charge in [-0.1, -0.05) is 11.6 Å². The molecule has 0 aliphatic carbocycles. The SMILES string of the molecule is Cc1cc(OC(C)C(=O)Nc2ccc(F)c(F)c2)ccc1Cl. The van der Waals surface area contributed by atoms with E-state index < -0.39 is 23.6 Å². The molecular weight excluding hydrogens is 312 g/mol. The number of carbonyl (C=O) groups excluding carboxylic acids is 1. The van der Waals surface area contributed by atoms with Crippen LogP contribution in [0.25, 0.3) is 0 Å². The molecule has 1 unspecified atom stereocenters. The van der Waals surface area contributed by atoms with Crippen LogP contribution in [0.15, 0.2) is 36.4 Å². The van der Waals surface area contributed by atoms with Crippen LogP contribution in [-0.2, 0) is 4.79 Å². The highest BCUT2D eigenvalue weighted by molar-refractivity contribution is 6.31. The summed E-state index contributed by atoms with van der Waals surface area (Å²) in [5.74, 6) is -1.98. The maximum absolute atomic E-state index is 13.1. The Morgan fingerprint density at radius 2 is 1.91 bits per heavy atom. The zero-order valence-electron chi connectivity index (χ0n) is 12.0. The molecule has 0 radical (unpaired) electrons. The van der Waals surface area contributed by atoms with Crippen LogP contribution in [0.5, 0.6) is 5.75 Å². The highest BCUT2D eigenvalue weighted by Crippen LogP contribution is 2.22. The smallest absolute Gasteiger partial charge is 0.265 e. The second-order valence-electron chi connectivity index (χ2n) is 4.79. The Balaban J connectivity index is 2.02. The summed E-state index contributed by atoms with van der Waals surface area (Å²) in [4.78, 5) is 12.0. The average molecular weight is 326 g/mol. The van der Waals surface area contributed by atoms with E-state index in [4.69, 9.17) is 16.3 Å². The number of ether oxygens (including phenoxy) is 1. The number of benzene rings is 2. The van der Waals surface area contributed by atoms with Crippen LogP contribution < -0.4 is 10.1 Å². The van der Waals surface area contributed by atoms with Crippen LogP contribution in [0, 0.1) is 18.6 Å². The molecule has 0 spiro atoms. The molecule has 1 N–H and O–H groups in total. The second kappa shape index (κ2) is 6.75. The normalized spacial score (nSPS) is 11.9. The van der Waals surface area contributed by atoms with E-state index in [0.717, 1.165) is 17.7 Å². The lowest BCUT2D eigenvalue weighted by Crippen LogP contribution is -2.30. The molecule has 0 saturated heterocycles. The molecule has 3 nitrogen and oxygen atoms in total. The first-order valence-corrected chi connectivity index (χ1v) is 6.93. The molecule has 0 heterocycles. The largest absolute Gasteiger partial charge is 0.481 e. The lowest BCUT2D eigenvalue weighted by atomic mass is 10.2. The topological polar surface area (TPSA) is 38.3 Å². The summed E-state index contributed by atoms with van der Waals surface area (Å²) >= 11 is 5.91. The van der Waals surface area contributed by atoms with Crippen molar-refractivity contribution in [3.05, 3.63) is 58.6 Å². The minimum Gasteiger partial charge on any atom is -0.481 e. The van der Waals surface area contributed by atoms with Gasteiger partial charge in [0.15, 0.2) is 17.7 Å². The molecule has 22 heavy (non-hydrogen) atoms. The summed E-state index contributed by atoms with van der Waals surface area (Å²) in [6.07, 6.45) is -0.811. The minimum absolute atomic E-state index is 0.159. The van der Waals surface area contributed by atoms with E-state index in [0.29, 0.717) is 10.8 Å². The van der Waals surface area contributed by atoms with Crippen LogP contribution >= 0.6 is 11.6 Å². The maximum Gasteiger partial charge on any atom is 0.265 e. The summed E-state index contributed by atoms with van der Waals surface area (Å²) in [5.41, 5.74) is 0.985. The third-order valence-corrected chi connectivity index (χ3v) is 3.42. The fourth-order valence-electron chi connectivity index (χ4n) is 1.77. The fraction of sp³-hybridized carbons (Fsp3) is 0.188. The number of aryl methyl sites for hydroxylation is 1. The number of nitrogens with one attached hydrogen (secondary N) is 1. The van der Waals surface area contributed by atoms with Crippen molar-refractivity contribution in [3.63, 3.8) is 0 Å². The van der Waals surface area contributed by atoms with Crippen LogP contribution in [0.4, 0.5) is 14.5 Å². The van der Waals surface area contributed by atoms with Gasteiger partial charge in [0.1, 0.15) is 5.75 Å². The first kappa shape index (κ1) is 16.2. The molecule has 0 aliphatic rings. The van der Waals surface area contributed by atoms with Crippen LogP contribution in [0.3, 0.4) is 0 Å². The monoisotopic (exact) mass is 325 g/mol. The van der Waals surface area contributed by atoms with Crippen molar-refractivity contribution in [1.29, 1.82) is 0 Å². The van der Waals surface area contributed by atoms with E-state index in [1.165, 1.54) is 6.07 Å². The average Bonchev–Trinajstić information content (AvgIpc) is 2.46. The quantitative estimate of drug-likeness (QED) is 0.908. The molecule has 0 bridgehead atoms. The van der Waals surface area contributed by atoms with Crippen molar-refractivity contribution in [1.82, 2.24) is 0 Å². The number of carbonyl (C=O) groups is 1. The molecule has 1 atom stereocenters. The summed E-state index contributed by atoms with van der Waals surface area (Å²) in [5, 5.41) is 3.06. The highest BCUT2D eigenvalue weighted by atomic mass is 35.5. The van der Waals surface area contributed by atoms with E-state index >= 15 is 0 Å². The standard InChI is InChI=1S/C16H14ClF2NO2/c1-9-7-12(4-5-13(9)17)22-10(2)16(21)20-11-3-6-14(18)15(19)8-11/h3-8,10H,1-2H3,(H,20,21). The molecular formula is C16H14ClF2NO2. The number of rotatable bonds is 4. The van der Waals surface area contributed by atoms with Gasteiger partial charge >= 0.3 is 0 Å². The van der Waals surface area contributed by atoms with Gasteiger partial charge in [-0.25, -0.2) is 8.78 Å². The van der Waals surface area contributed by atoms with Gasteiger partial charge < -0.3 is 10.1 Å². The molecule has 0 aliphatic heterocycles. The first-order chi connectivity index (χ1) is 10.4. The molecule has 2 aromatic carbocycles. The Morgan fingerprint density at radius 3 is 2.55 bits per heavy atom. The fourth-order valence-corrected chi connectivity index (χ4v) is 1.88. The first-order valence-electron chi connectivity index (χ1n) is 6.55. The van der Waals surface area contributed by atoms with Crippen molar-refractivity contribution in [2.24, 2.45) is 0 Å². The van der Waals surface area contributed by atoms with Gasteiger partial charge in [-0.15, -0.1) is 0 Å². The van der Waals surface area contributed by atoms with Crippen molar-refractivity contribution < 1.29 is 18.3 Å². The van der Waals surface area contributed by atoms with Gasteiger partial charge in [0.2, 0.25) is 0 Å². The third-order valence-electron chi connectivity index (χ3n) is 3.00. The molecule has 0 saturated carbocycles. The Bertz CT molecular complexity index is 707. The van der Waals surface area contributed by atoms with Crippen molar-refractivity contribution >= 4 is 23.2 Å². The predicted octanol–water partition coefficient (Wildman–Crippen LogP) is 4.33. The predicted molar refractivity (Wildman–Crippen MR) is 81.3 cm³/mol. The van der Waals surface area contributed by atoms with Gasteiger partial charge in [-0.3, -0.25) is 4.79 Å². The number of halogens is 3. The van der Waals surface area contributed by atoms with Gasteiger partial charge in [0.25, 0.3) is 5.91 Å². The summed E-state index contributed by atoms with van der Waals surface area (Å²) in [6, 6.07) is 8.16. The lowest BCUT2D eigenvalue weighted by molar-refractivity contribution is -0.122. The van der Waals surface area contributed by atoms with Crippen molar-refractivity contribution in [2.75, 3.05) is 5.32 Å². The molecule has 0 fully saturated rings. The number of amides is 1. The Kier molecular flexibility index (Phi) is 4.98. The summed E-state index contributed by atoms with van der Waals surface area (Å²) < 4.78 is 31.4. The minimum atomic E-state index is -1.03. The van der Waals surface area contributed by atoms with E-state index in [1.54, 1.807) is 25.1 Å². The number of hydrogen-bond donors (Lipinski definition) is 1. The number of hydrogen-bond acceptors (Lipinski definition) is 2. The third kappa shape index (κ3) is 3.95. The highest BCUT2D eigenvalue weighted by Gasteiger charge is 2.16. The Labute approximate surface area is 131 Å². The van der Waals surface area contributed by atoms with Crippen LogP contribution in [0.2, 0.25) is 5.02 Å². The number of anilines is 1. The molecule has 0 aromatic heterocycles. The van der Waals surface area contributed by atoms with Crippen LogP contribution in [-0.4, -0.2) is 12.0 Å². The van der Waals surface area contributed by atoms with Gasteiger partial charge in [-0.2, -0.15) is 0 Å². The van der Waals surface area contributed by atoms with E-state index in [9.17, 15) is 13.6 Å².